The van der Waals surface area contributed by atoms with Gasteiger partial charge < -0.3 is 19.4 Å². The molecular formula is C22H22N4O2. The molecule has 0 aliphatic rings. The van der Waals surface area contributed by atoms with Gasteiger partial charge in [-0.15, -0.1) is 0 Å². The number of rotatable bonds is 7. The van der Waals surface area contributed by atoms with Gasteiger partial charge in [-0.1, -0.05) is 48.5 Å². The molecule has 0 unspecified atom stereocenters. The second kappa shape index (κ2) is 8.21. The van der Waals surface area contributed by atoms with E-state index in [0.29, 0.717) is 6.54 Å². The van der Waals surface area contributed by atoms with Gasteiger partial charge in [0.05, 0.1) is 11.9 Å². The second-order valence-electron chi connectivity index (χ2n) is 6.32. The summed E-state index contributed by atoms with van der Waals surface area (Å²) in [5.74, 6) is 0.748. The van der Waals surface area contributed by atoms with E-state index in [9.17, 15) is 0 Å². The molecule has 2 heterocycles. The zero-order chi connectivity index (χ0) is 19.3. The van der Waals surface area contributed by atoms with Gasteiger partial charge in [-0.05, 0) is 17.7 Å². The van der Waals surface area contributed by atoms with Crippen LogP contribution in [-0.2, 0) is 9.47 Å². The van der Waals surface area contributed by atoms with Crippen LogP contribution in [0.25, 0.3) is 27.8 Å². The van der Waals surface area contributed by atoms with Crippen LogP contribution in [0.1, 0.15) is 0 Å². The standard InChI is InChI=1S/C22H22N4O2/c1-27-19(28-2)13-23-21-20-18(16-9-5-3-6-10-16)14-26(22(20)25-15-24-21)17-11-7-4-8-12-17/h3-12,14-15,19H,13H2,1-2H3,(H,23,24,25). The fourth-order valence-corrected chi connectivity index (χ4v) is 3.26. The minimum Gasteiger partial charge on any atom is -0.364 e. The van der Waals surface area contributed by atoms with Crippen molar-refractivity contribution in [2.75, 3.05) is 26.1 Å². The van der Waals surface area contributed by atoms with Gasteiger partial charge in [-0.2, -0.15) is 0 Å². The number of nitrogens with one attached hydrogen (secondary N) is 1. The number of nitrogens with zero attached hydrogens (tertiary/aromatic N) is 3. The number of fused-ring (bicyclic) bond motifs is 1. The Morgan fingerprint density at radius 3 is 2.29 bits per heavy atom. The molecule has 0 amide bonds. The van der Waals surface area contributed by atoms with E-state index in [1.54, 1.807) is 20.5 Å². The lowest BCUT2D eigenvalue weighted by Crippen LogP contribution is -2.24. The molecule has 0 radical (unpaired) electrons. The van der Waals surface area contributed by atoms with Crippen molar-refractivity contribution in [1.29, 1.82) is 0 Å². The van der Waals surface area contributed by atoms with E-state index in [1.165, 1.54) is 0 Å². The number of hydrogen-bond donors (Lipinski definition) is 1. The first-order chi connectivity index (χ1) is 13.8. The lowest BCUT2D eigenvalue weighted by molar-refractivity contribution is -0.0914. The van der Waals surface area contributed by atoms with Crippen LogP contribution < -0.4 is 5.32 Å². The van der Waals surface area contributed by atoms with Crippen molar-refractivity contribution in [2.24, 2.45) is 0 Å². The van der Waals surface area contributed by atoms with Gasteiger partial charge in [-0.3, -0.25) is 0 Å². The van der Waals surface area contributed by atoms with E-state index in [4.69, 9.17) is 9.47 Å². The number of para-hydroxylation sites is 1. The summed E-state index contributed by atoms with van der Waals surface area (Å²) >= 11 is 0. The van der Waals surface area contributed by atoms with Crippen LogP contribution in [0.15, 0.2) is 73.2 Å². The van der Waals surface area contributed by atoms with Crippen LogP contribution in [0.5, 0.6) is 0 Å². The second-order valence-corrected chi connectivity index (χ2v) is 6.32. The smallest absolute Gasteiger partial charge is 0.173 e. The molecule has 28 heavy (non-hydrogen) atoms. The lowest BCUT2D eigenvalue weighted by atomic mass is 10.1. The van der Waals surface area contributed by atoms with Crippen molar-refractivity contribution in [2.45, 2.75) is 6.29 Å². The van der Waals surface area contributed by atoms with Crippen LogP contribution in [0, 0.1) is 0 Å². The lowest BCUT2D eigenvalue weighted by Gasteiger charge is -2.15. The molecule has 0 aliphatic heterocycles. The summed E-state index contributed by atoms with van der Waals surface area (Å²) in [5, 5.41) is 4.31. The van der Waals surface area contributed by atoms with Crippen molar-refractivity contribution in [3.8, 4) is 16.8 Å². The fourth-order valence-electron chi connectivity index (χ4n) is 3.26. The monoisotopic (exact) mass is 374 g/mol. The highest BCUT2D eigenvalue weighted by Crippen LogP contribution is 2.35. The van der Waals surface area contributed by atoms with Gasteiger partial charge in [0, 0.05) is 31.7 Å². The van der Waals surface area contributed by atoms with Crippen LogP contribution in [0.2, 0.25) is 0 Å². The quantitative estimate of drug-likeness (QED) is 0.493. The first kappa shape index (κ1) is 18.2. The van der Waals surface area contributed by atoms with Crippen LogP contribution in [-0.4, -0.2) is 41.6 Å². The average molecular weight is 374 g/mol. The molecule has 0 atom stereocenters. The average Bonchev–Trinajstić information content (AvgIpc) is 3.16. The van der Waals surface area contributed by atoms with Gasteiger partial charge in [-0.25, -0.2) is 9.97 Å². The maximum atomic E-state index is 5.29. The Morgan fingerprint density at radius 1 is 0.929 bits per heavy atom. The molecule has 1 N–H and O–H groups in total. The maximum Gasteiger partial charge on any atom is 0.173 e. The Bertz CT molecular complexity index is 1040. The molecule has 4 aromatic rings. The third kappa shape index (κ3) is 3.47. The number of hydrogen-bond acceptors (Lipinski definition) is 5. The topological polar surface area (TPSA) is 61.2 Å². The van der Waals surface area contributed by atoms with Gasteiger partial charge in [0.15, 0.2) is 11.9 Å². The summed E-state index contributed by atoms with van der Waals surface area (Å²) in [6.07, 6.45) is 3.33. The molecular weight excluding hydrogens is 352 g/mol. The molecule has 6 heteroatoms. The Kier molecular flexibility index (Phi) is 5.32. The summed E-state index contributed by atoms with van der Waals surface area (Å²) in [6.45, 7) is 0.476. The van der Waals surface area contributed by atoms with Crippen molar-refractivity contribution in [3.63, 3.8) is 0 Å². The van der Waals surface area contributed by atoms with Gasteiger partial charge in [0.2, 0.25) is 0 Å². The molecule has 0 saturated heterocycles. The van der Waals surface area contributed by atoms with E-state index in [-0.39, 0.29) is 6.29 Å². The molecule has 0 fully saturated rings. The van der Waals surface area contributed by atoms with Crippen LogP contribution in [0.3, 0.4) is 0 Å². The van der Waals surface area contributed by atoms with Crippen LogP contribution >= 0.6 is 0 Å². The molecule has 0 aliphatic carbocycles. The van der Waals surface area contributed by atoms with E-state index < -0.39 is 0 Å². The molecule has 0 bridgehead atoms. The van der Waals surface area contributed by atoms with E-state index in [0.717, 1.165) is 33.7 Å². The summed E-state index contributed by atoms with van der Waals surface area (Å²) in [7, 11) is 3.24. The Morgan fingerprint density at radius 2 is 1.61 bits per heavy atom. The summed E-state index contributed by atoms with van der Waals surface area (Å²) in [4.78, 5) is 9.08. The zero-order valence-electron chi connectivity index (χ0n) is 15.9. The number of benzene rings is 2. The predicted octanol–water partition coefficient (Wildman–Crippen LogP) is 4.12. The number of methoxy groups -OCH3 is 2. The van der Waals surface area contributed by atoms with Crippen LogP contribution in [0.4, 0.5) is 5.82 Å². The summed E-state index contributed by atoms with van der Waals surface area (Å²) < 4.78 is 12.7. The number of aromatic nitrogens is 3. The molecule has 4 rings (SSSR count). The largest absolute Gasteiger partial charge is 0.364 e. The predicted molar refractivity (Wildman–Crippen MR) is 111 cm³/mol. The maximum absolute atomic E-state index is 5.29. The van der Waals surface area contributed by atoms with Gasteiger partial charge in [0.25, 0.3) is 0 Å². The molecule has 142 valence electrons. The molecule has 0 spiro atoms. The summed E-state index contributed by atoms with van der Waals surface area (Å²) in [5.41, 5.74) is 4.06. The van der Waals surface area contributed by atoms with E-state index in [2.05, 4.69) is 50.3 Å². The highest BCUT2D eigenvalue weighted by molar-refractivity contribution is 6.02. The van der Waals surface area contributed by atoms with Gasteiger partial charge in [0.1, 0.15) is 12.1 Å². The third-order valence-electron chi connectivity index (χ3n) is 4.66. The minimum absolute atomic E-state index is 0.360. The molecule has 0 saturated carbocycles. The zero-order valence-corrected chi connectivity index (χ0v) is 15.9. The third-order valence-corrected chi connectivity index (χ3v) is 4.66. The molecule has 2 aromatic carbocycles. The Hall–Kier alpha value is -3.22. The fraction of sp³-hybridized carbons (Fsp3) is 0.182. The van der Waals surface area contributed by atoms with Crippen molar-refractivity contribution >= 4 is 16.9 Å². The highest BCUT2D eigenvalue weighted by Gasteiger charge is 2.18. The number of anilines is 1. The van der Waals surface area contributed by atoms with E-state index in [1.807, 2.05) is 36.4 Å². The SMILES string of the molecule is COC(CNc1ncnc2c1c(-c1ccccc1)cn2-c1ccccc1)OC. The van der Waals surface area contributed by atoms with Gasteiger partial charge >= 0.3 is 0 Å². The van der Waals surface area contributed by atoms with E-state index >= 15 is 0 Å². The van der Waals surface area contributed by atoms with Crippen molar-refractivity contribution < 1.29 is 9.47 Å². The normalized spacial score (nSPS) is 11.2. The van der Waals surface area contributed by atoms with Crippen molar-refractivity contribution in [1.82, 2.24) is 14.5 Å². The molecule has 6 nitrogen and oxygen atoms in total. The first-order valence-electron chi connectivity index (χ1n) is 9.08. The van der Waals surface area contributed by atoms with Crippen molar-refractivity contribution in [3.05, 3.63) is 73.2 Å². The Balaban J connectivity index is 1.88. The minimum atomic E-state index is -0.360. The summed E-state index contributed by atoms with van der Waals surface area (Å²) in [6, 6.07) is 20.4. The Labute approximate surface area is 163 Å². The molecule has 2 aromatic heterocycles. The highest BCUT2D eigenvalue weighted by atomic mass is 16.7. The number of ether oxygens (including phenoxy) is 2. The first-order valence-corrected chi connectivity index (χ1v) is 9.08.